The van der Waals surface area contributed by atoms with E-state index in [2.05, 4.69) is 16.9 Å². The second kappa shape index (κ2) is 4.67. The van der Waals surface area contributed by atoms with E-state index in [0.29, 0.717) is 5.28 Å². The van der Waals surface area contributed by atoms with Gasteiger partial charge in [0.2, 0.25) is 5.28 Å². The molecule has 0 N–H and O–H groups in total. The molecule has 1 heterocycles. The molecular weight excluding hydrogens is 192 g/mol. The molecule has 2 nitrogen and oxygen atoms in total. The van der Waals surface area contributed by atoms with Crippen molar-refractivity contribution in [2.24, 2.45) is 0 Å². The highest BCUT2D eigenvalue weighted by Gasteiger charge is 1.99. The lowest BCUT2D eigenvalue weighted by Gasteiger charge is -1.99. The van der Waals surface area contributed by atoms with Gasteiger partial charge < -0.3 is 0 Å². The average molecular weight is 203 g/mol. The van der Waals surface area contributed by atoms with Crippen molar-refractivity contribution in [2.75, 3.05) is 5.75 Å². The largest absolute Gasteiger partial charge is 0.223 e. The van der Waals surface area contributed by atoms with Gasteiger partial charge in [-0.15, -0.1) is 11.8 Å². The topological polar surface area (TPSA) is 25.8 Å². The van der Waals surface area contributed by atoms with E-state index >= 15 is 0 Å². The van der Waals surface area contributed by atoms with Crippen molar-refractivity contribution in [3.05, 3.63) is 17.0 Å². The zero-order valence-electron chi connectivity index (χ0n) is 7.17. The first-order valence-electron chi connectivity index (χ1n) is 3.86. The van der Waals surface area contributed by atoms with Crippen molar-refractivity contribution in [1.82, 2.24) is 9.97 Å². The van der Waals surface area contributed by atoms with Crippen LogP contribution >= 0.6 is 23.4 Å². The summed E-state index contributed by atoms with van der Waals surface area (Å²) in [6.45, 7) is 4.06. The summed E-state index contributed by atoms with van der Waals surface area (Å²) < 4.78 is 0. The molecule has 0 atom stereocenters. The van der Waals surface area contributed by atoms with Crippen LogP contribution in [0.1, 0.15) is 19.0 Å². The standard InChI is InChI=1S/C8H11ClN2S/c1-3-4-12-7-5-6(2)10-8(9)11-7/h5H,3-4H2,1-2H3. The van der Waals surface area contributed by atoms with Crippen LogP contribution in [0, 0.1) is 6.92 Å². The average Bonchev–Trinajstić information content (AvgIpc) is 1.99. The number of hydrogen-bond acceptors (Lipinski definition) is 3. The summed E-state index contributed by atoms with van der Waals surface area (Å²) in [5.41, 5.74) is 0.925. The van der Waals surface area contributed by atoms with Gasteiger partial charge in [-0.3, -0.25) is 0 Å². The summed E-state index contributed by atoms with van der Waals surface area (Å²) in [7, 11) is 0. The van der Waals surface area contributed by atoms with Crippen molar-refractivity contribution < 1.29 is 0 Å². The number of nitrogens with zero attached hydrogens (tertiary/aromatic N) is 2. The highest BCUT2D eigenvalue weighted by Crippen LogP contribution is 2.18. The summed E-state index contributed by atoms with van der Waals surface area (Å²) in [5, 5.41) is 1.31. The molecule has 0 aromatic carbocycles. The van der Waals surface area contributed by atoms with Crippen molar-refractivity contribution >= 4 is 23.4 Å². The Balaban J connectivity index is 2.72. The van der Waals surface area contributed by atoms with E-state index in [4.69, 9.17) is 11.6 Å². The van der Waals surface area contributed by atoms with E-state index in [1.807, 2.05) is 13.0 Å². The van der Waals surface area contributed by atoms with Gasteiger partial charge in [-0.25, -0.2) is 9.97 Å². The van der Waals surface area contributed by atoms with Gasteiger partial charge in [0.1, 0.15) is 5.03 Å². The number of halogens is 1. The monoisotopic (exact) mass is 202 g/mol. The number of aryl methyl sites for hydroxylation is 1. The third-order valence-electron chi connectivity index (χ3n) is 1.26. The molecule has 1 rings (SSSR count). The van der Waals surface area contributed by atoms with E-state index in [-0.39, 0.29) is 0 Å². The molecule has 1 aromatic heterocycles. The molecule has 0 aliphatic heterocycles. The fourth-order valence-corrected chi connectivity index (χ4v) is 1.88. The van der Waals surface area contributed by atoms with Crippen LogP contribution in [0.5, 0.6) is 0 Å². The zero-order chi connectivity index (χ0) is 8.97. The van der Waals surface area contributed by atoms with Gasteiger partial charge in [-0.2, -0.15) is 0 Å². The normalized spacial score (nSPS) is 10.2. The van der Waals surface area contributed by atoms with Crippen LogP contribution in [0.4, 0.5) is 0 Å². The minimum atomic E-state index is 0.341. The van der Waals surface area contributed by atoms with Crippen LogP contribution in [0.2, 0.25) is 5.28 Å². The summed E-state index contributed by atoms with van der Waals surface area (Å²) in [6.07, 6.45) is 1.14. The number of thioether (sulfide) groups is 1. The van der Waals surface area contributed by atoms with Crippen LogP contribution in [0.15, 0.2) is 11.1 Å². The maximum atomic E-state index is 5.69. The first-order chi connectivity index (χ1) is 5.72. The number of aromatic nitrogens is 2. The van der Waals surface area contributed by atoms with E-state index < -0.39 is 0 Å². The molecule has 0 aliphatic rings. The summed E-state index contributed by atoms with van der Waals surface area (Å²) in [6, 6.07) is 1.95. The molecule has 66 valence electrons. The predicted molar refractivity (Wildman–Crippen MR) is 52.8 cm³/mol. The maximum Gasteiger partial charge on any atom is 0.223 e. The van der Waals surface area contributed by atoms with Gasteiger partial charge in [0.05, 0.1) is 0 Å². The quantitative estimate of drug-likeness (QED) is 0.428. The third-order valence-corrected chi connectivity index (χ3v) is 2.54. The molecule has 0 fully saturated rings. The highest BCUT2D eigenvalue weighted by molar-refractivity contribution is 7.99. The molecule has 0 unspecified atom stereocenters. The van der Waals surface area contributed by atoms with Crippen LogP contribution in [-0.4, -0.2) is 15.7 Å². The lowest BCUT2D eigenvalue weighted by atomic mass is 10.5. The second-order valence-electron chi connectivity index (χ2n) is 2.47. The van der Waals surface area contributed by atoms with Gasteiger partial charge >= 0.3 is 0 Å². The molecule has 12 heavy (non-hydrogen) atoms. The Hall–Kier alpha value is -0.280. The molecule has 0 saturated carbocycles. The van der Waals surface area contributed by atoms with E-state index in [1.165, 1.54) is 0 Å². The Morgan fingerprint density at radius 3 is 2.83 bits per heavy atom. The fraction of sp³-hybridized carbons (Fsp3) is 0.500. The maximum absolute atomic E-state index is 5.69. The minimum absolute atomic E-state index is 0.341. The van der Waals surface area contributed by atoms with E-state index in [9.17, 15) is 0 Å². The van der Waals surface area contributed by atoms with E-state index in [0.717, 1.165) is 22.9 Å². The Morgan fingerprint density at radius 2 is 2.25 bits per heavy atom. The SMILES string of the molecule is CCCSc1cc(C)nc(Cl)n1. The second-order valence-corrected chi connectivity index (χ2v) is 3.92. The molecule has 4 heteroatoms. The Kier molecular flexibility index (Phi) is 3.82. The third kappa shape index (κ3) is 2.99. The first kappa shape index (κ1) is 9.81. The van der Waals surface area contributed by atoms with E-state index in [1.54, 1.807) is 11.8 Å². The molecule has 0 amide bonds. The van der Waals surface area contributed by atoms with Crippen molar-refractivity contribution in [3.63, 3.8) is 0 Å². The summed E-state index contributed by atoms with van der Waals surface area (Å²) in [5.74, 6) is 1.08. The molecule has 1 aromatic rings. The van der Waals surface area contributed by atoms with Crippen LogP contribution in [-0.2, 0) is 0 Å². The smallest absolute Gasteiger partial charge is 0.223 e. The Bertz CT molecular complexity index is 245. The fourth-order valence-electron chi connectivity index (χ4n) is 0.785. The molecule has 0 aliphatic carbocycles. The number of rotatable bonds is 3. The lowest BCUT2D eigenvalue weighted by molar-refractivity contribution is 1.00. The van der Waals surface area contributed by atoms with Crippen LogP contribution in [0.25, 0.3) is 0 Å². The molecule has 0 radical (unpaired) electrons. The summed E-state index contributed by atoms with van der Waals surface area (Å²) in [4.78, 5) is 8.07. The van der Waals surface area contributed by atoms with Gasteiger partial charge in [-0.1, -0.05) is 6.92 Å². The van der Waals surface area contributed by atoms with Gasteiger partial charge in [0.15, 0.2) is 0 Å². The van der Waals surface area contributed by atoms with Gasteiger partial charge in [-0.05, 0) is 36.8 Å². The lowest BCUT2D eigenvalue weighted by Crippen LogP contribution is -1.89. The predicted octanol–water partition coefficient (Wildman–Crippen LogP) is 2.94. The molecule has 0 spiro atoms. The van der Waals surface area contributed by atoms with Crippen molar-refractivity contribution in [3.8, 4) is 0 Å². The van der Waals surface area contributed by atoms with Gasteiger partial charge in [0.25, 0.3) is 0 Å². The molecule has 0 saturated heterocycles. The van der Waals surface area contributed by atoms with Crippen molar-refractivity contribution in [1.29, 1.82) is 0 Å². The van der Waals surface area contributed by atoms with Gasteiger partial charge in [0, 0.05) is 5.69 Å². The Morgan fingerprint density at radius 1 is 1.50 bits per heavy atom. The first-order valence-corrected chi connectivity index (χ1v) is 5.22. The minimum Gasteiger partial charge on any atom is -0.223 e. The van der Waals surface area contributed by atoms with Crippen LogP contribution in [0.3, 0.4) is 0 Å². The highest BCUT2D eigenvalue weighted by atomic mass is 35.5. The Labute approximate surface area is 81.8 Å². The molecule has 0 bridgehead atoms. The summed E-state index contributed by atoms with van der Waals surface area (Å²) >= 11 is 7.41. The zero-order valence-corrected chi connectivity index (χ0v) is 8.74. The van der Waals surface area contributed by atoms with Crippen molar-refractivity contribution in [2.45, 2.75) is 25.3 Å². The van der Waals surface area contributed by atoms with Crippen LogP contribution < -0.4 is 0 Å². The number of hydrogen-bond donors (Lipinski definition) is 0. The molecular formula is C8H11ClN2S.